The number of benzene rings is 2. The lowest BCUT2D eigenvalue weighted by Crippen LogP contribution is -2.03. The molecular weight excluding hydrogens is 390 g/mol. The van der Waals surface area contributed by atoms with E-state index in [0.717, 1.165) is 16.7 Å². The molecule has 0 aliphatic carbocycles. The Labute approximate surface area is 170 Å². The van der Waals surface area contributed by atoms with Crippen molar-refractivity contribution in [2.45, 2.75) is 0 Å². The first kappa shape index (κ1) is 18.7. The molecule has 0 bridgehead atoms. The number of ether oxygens (including phenoxy) is 2. The van der Waals surface area contributed by atoms with Gasteiger partial charge in [0.15, 0.2) is 11.3 Å². The molecular formula is C21H17N3O4S. The van der Waals surface area contributed by atoms with Crippen molar-refractivity contribution in [3.63, 3.8) is 0 Å². The SMILES string of the molecule is COc1ccccc1/C=N/Nc1nc(-c2cc3cccc(OC)c3oc2=O)cs1. The van der Waals surface area contributed by atoms with Crippen LogP contribution in [0.4, 0.5) is 5.13 Å². The van der Waals surface area contributed by atoms with Crippen LogP contribution in [-0.2, 0) is 0 Å². The van der Waals surface area contributed by atoms with E-state index in [4.69, 9.17) is 13.9 Å². The Morgan fingerprint density at radius 3 is 2.72 bits per heavy atom. The predicted octanol–water partition coefficient (Wildman–Crippen LogP) is 4.38. The fourth-order valence-electron chi connectivity index (χ4n) is 2.84. The summed E-state index contributed by atoms with van der Waals surface area (Å²) in [5.41, 5.74) is 4.55. The Hall–Kier alpha value is -3.65. The highest BCUT2D eigenvalue weighted by molar-refractivity contribution is 7.14. The van der Waals surface area contributed by atoms with Crippen molar-refractivity contribution in [1.29, 1.82) is 0 Å². The van der Waals surface area contributed by atoms with Crippen LogP contribution in [0.2, 0.25) is 0 Å². The topological polar surface area (TPSA) is 85.9 Å². The number of hydrogen-bond donors (Lipinski definition) is 1. The molecule has 0 aliphatic heterocycles. The zero-order valence-corrected chi connectivity index (χ0v) is 16.5. The van der Waals surface area contributed by atoms with Crippen LogP contribution < -0.4 is 20.5 Å². The Kier molecular flexibility index (Phi) is 5.26. The summed E-state index contributed by atoms with van der Waals surface area (Å²) in [5, 5.41) is 7.29. The Morgan fingerprint density at radius 2 is 1.90 bits per heavy atom. The minimum absolute atomic E-state index is 0.378. The van der Waals surface area contributed by atoms with Gasteiger partial charge in [0.05, 0.1) is 31.7 Å². The molecule has 7 nitrogen and oxygen atoms in total. The average Bonchev–Trinajstić information content (AvgIpc) is 3.22. The van der Waals surface area contributed by atoms with Gasteiger partial charge >= 0.3 is 5.63 Å². The van der Waals surface area contributed by atoms with E-state index in [9.17, 15) is 4.79 Å². The van der Waals surface area contributed by atoms with E-state index < -0.39 is 5.63 Å². The summed E-state index contributed by atoms with van der Waals surface area (Å²) < 4.78 is 16.0. The van der Waals surface area contributed by atoms with Crippen molar-refractivity contribution in [3.8, 4) is 22.8 Å². The molecule has 0 saturated carbocycles. The van der Waals surface area contributed by atoms with Crippen LogP contribution in [0.15, 0.2) is 68.2 Å². The molecule has 1 N–H and O–H groups in total. The second-order valence-corrected chi connectivity index (χ2v) is 6.83. The minimum Gasteiger partial charge on any atom is -0.496 e. The fraction of sp³-hybridized carbons (Fsp3) is 0.0952. The van der Waals surface area contributed by atoms with Gasteiger partial charge in [0.25, 0.3) is 0 Å². The lowest BCUT2D eigenvalue weighted by atomic mass is 10.1. The quantitative estimate of drug-likeness (QED) is 0.290. The third kappa shape index (κ3) is 3.83. The number of hydrogen-bond acceptors (Lipinski definition) is 8. The van der Waals surface area contributed by atoms with Crippen molar-refractivity contribution in [2.75, 3.05) is 19.6 Å². The zero-order valence-electron chi connectivity index (χ0n) is 15.7. The Morgan fingerprint density at radius 1 is 1.10 bits per heavy atom. The van der Waals surface area contributed by atoms with Gasteiger partial charge in [0.2, 0.25) is 5.13 Å². The molecule has 0 amide bonds. The third-order valence-corrected chi connectivity index (χ3v) is 4.97. The first-order chi connectivity index (χ1) is 14.2. The third-order valence-electron chi connectivity index (χ3n) is 4.23. The van der Waals surface area contributed by atoms with Crippen molar-refractivity contribution < 1.29 is 13.9 Å². The number of rotatable bonds is 6. The highest BCUT2D eigenvalue weighted by Crippen LogP contribution is 2.29. The van der Waals surface area contributed by atoms with Gasteiger partial charge < -0.3 is 13.9 Å². The van der Waals surface area contributed by atoms with Gasteiger partial charge in [-0.15, -0.1) is 11.3 Å². The van der Waals surface area contributed by atoms with Crippen LogP contribution in [0.1, 0.15) is 5.56 Å². The largest absolute Gasteiger partial charge is 0.496 e. The van der Waals surface area contributed by atoms with Gasteiger partial charge in [-0.05, 0) is 24.3 Å². The number of para-hydroxylation sites is 2. The molecule has 2 aromatic carbocycles. The van der Waals surface area contributed by atoms with E-state index in [1.807, 2.05) is 36.4 Å². The number of fused-ring (bicyclic) bond motifs is 1. The molecule has 0 unspecified atom stereocenters. The molecule has 0 spiro atoms. The van der Waals surface area contributed by atoms with Crippen LogP contribution in [-0.4, -0.2) is 25.4 Å². The first-order valence-electron chi connectivity index (χ1n) is 8.68. The van der Waals surface area contributed by atoms with Gasteiger partial charge in [0, 0.05) is 16.3 Å². The first-order valence-corrected chi connectivity index (χ1v) is 9.56. The summed E-state index contributed by atoms with van der Waals surface area (Å²) in [6, 6.07) is 14.7. The second kappa shape index (κ2) is 8.15. The van der Waals surface area contributed by atoms with Crippen LogP contribution in [0.5, 0.6) is 11.5 Å². The molecule has 4 aromatic rings. The smallest absolute Gasteiger partial charge is 0.345 e. The molecule has 4 rings (SSSR count). The minimum atomic E-state index is -0.476. The number of nitrogens with zero attached hydrogens (tertiary/aromatic N) is 2. The lowest BCUT2D eigenvalue weighted by molar-refractivity contribution is 0.407. The summed E-state index contributed by atoms with van der Waals surface area (Å²) in [4.78, 5) is 16.9. The number of anilines is 1. The normalized spacial score (nSPS) is 11.1. The monoisotopic (exact) mass is 407 g/mol. The van der Waals surface area contributed by atoms with Gasteiger partial charge in [-0.1, -0.05) is 24.3 Å². The maximum absolute atomic E-state index is 12.5. The van der Waals surface area contributed by atoms with Crippen LogP contribution >= 0.6 is 11.3 Å². The molecule has 2 aromatic heterocycles. The van der Waals surface area contributed by atoms with Crippen LogP contribution in [0, 0.1) is 0 Å². The van der Waals surface area contributed by atoms with Gasteiger partial charge in [-0.2, -0.15) is 5.10 Å². The van der Waals surface area contributed by atoms with E-state index in [1.54, 1.807) is 30.8 Å². The Balaban J connectivity index is 1.58. The molecule has 0 radical (unpaired) electrons. The summed E-state index contributed by atoms with van der Waals surface area (Å²) in [6.45, 7) is 0. The van der Waals surface area contributed by atoms with Crippen LogP contribution in [0.25, 0.3) is 22.2 Å². The summed E-state index contributed by atoms with van der Waals surface area (Å²) >= 11 is 1.34. The predicted molar refractivity (Wildman–Crippen MR) is 114 cm³/mol. The molecule has 146 valence electrons. The molecule has 2 heterocycles. The number of hydrazone groups is 1. The maximum atomic E-state index is 12.5. The zero-order chi connectivity index (χ0) is 20.2. The number of aromatic nitrogens is 1. The number of thiazole rings is 1. The van der Waals surface area contributed by atoms with E-state index >= 15 is 0 Å². The molecule has 0 atom stereocenters. The van der Waals surface area contributed by atoms with Crippen molar-refractivity contribution in [2.24, 2.45) is 5.10 Å². The summed E-state index contributed by atoms with van der Waals surface area (Å²) in [7, 11) is 3.14. The highest BCUT2D eigenvalue weighted by atomic mass is 32.1. The molecule has 29 heavy (non-hydrogen) atoms. The molecule has 0 aliphatic rings. The van der Waals surface area contributed by atoms with E-state index in [1.165, 1.54) is 18.4 Å². The molecule has 8 heteroatoms. The summed E-state index contributed by atoms with van der Waals surface area (Å²) in [6.07, 6.45) is 1.65. The van der Waals surface area contributed by atoms with E-state index in [-0.39, 0.29) is 0 Å². The maximum Gasteiger partial charge on any atom is 0.345 e. The van der Waals surface area contributed by atoms with E-state index in [2.05, 4.69) is 15.5 Å². The van der Waals surface area contributed by atoms with Crippen LogP contribution in [0.3, 0.4) is 0 Å². The van der Waals surface area contributed by atoms with E-state index in [0.29, 0.717) is 27.7 Å². The van der Waals surface area contributed by atoms with Gasteiger partial charge in [-0.3, -0.25) is 5.43 Å². The Bertz CT molecular complexity index is 1250. The average molecular weight is 407 g/mol. The fourth-order valence-corrected chi connectivity index (χ4v) is 3.50. The van der Waals surface area contributed by atoms with Gasteiger partial charge in [0.1, 0.15) is 5.75 Å². The summed E-state index contributed by atoms with van der Waals surface area (Å²) in [5.74, 6) is 1.24. The molecule has 0 saturated heterocycles. The van der Waals surface area contributed by atoms with Crippen molar-refractivity contribution in [3.05, 3.63) is 69.9 Å². The van der Waals surface area contributed by atoms with Crippen molar-refractivity contribution in [1.82, 2.24) is 4.98 Å². The molecule has 0 fully saturated rings. The van der Waals surface area contributed by atoms with Gasteiger partial charge in [-0.25, -0.2) is 9.78 Å². The second-order valence-electron chi connectivity index (χ2n) is 5.98. The highest BCUT2D eigenvalue weighted by Gasteiger charge is 2.13. The number of nitrogens with one attached hydrogen (secondary N) is 1. The van der Waals surface area contributed by atoms with Crippen molar-refractivity contribution >= 4 is 33.7 Å². The number of methoxy groups -OCH3 is 2. The standard InChI is InChI=1S/C21H17N3O4S/c1-26-17-8-4-3-6-14(17)11-22-24-21-23-16(12-29-21)15-10-13-7-5-9-18(27-2)19(13)28-20(15)25/h3-12H,1-2H3,(H,23,24)/b22-11+. The lowest BCUT2D eigenvalue weighted by Gasteiger charge is -2.04.